The van der Waals surface area contributed by atoms with E-state index in [2.05, 4.69) is 10.3 Å². The molecule has 0 bridgehead atoms. The minimum atomic E-state index is -3.04. The Kier molecular flexibility index (Phi) is 4.40. The molecule has 0 spiro atoms. The molecule has 1 N–H and O–H groups in total. The Bertz CT molecular complexity index is 859. The number of nitrogens with one attached hydrogen (secondary N) is 1. The number of benzene rings is 1. The Balaban J connectivity index is 1.67. The van der Waals surface area contributed by atoms with E-state index in [1.165, 1.54) is 12.1 Å². The molecule has 1 unspecified atom stereocenters. The molecule has 1 aliphatic rings. The maximum Gasteiger partial charge on any atom is 0.226 e. The fourth-order valence-electron chi connectivity index (χ4n) is 2.65. The van der Waals surface area contributed by atoms with Gasteiger partial charge in [0, 0.05) is 11.6 Å². The van der Waals surface area contributed by atoms with Crippen LogP contribution in [0.25, 0.3) is 11.5 Å². The van der Waals surface area contributed by atoms with Crippen LogP contribution in [0.2, 0.25) is 0 Å². The van der Waals surface area contributed by atoms with E-state index in [-0.39, 0.29) is 35.7 Å². The van der Waals surface area contributed by atoms with Gasteiger partial charge < -0.3 is 9.73 Å². The Morgan fingerprint density at radius 1 is 1.38 bits per heavy atom. The first-order chi connectivity index (χ1) is 11.3. The van der Waals surface area contributed by atoms with Crippen LogP contribution in [0.1, 0.15) is 17.9 Å². The zero-order chi connectivity index (χ0) is 17.3. The first kappa shape index (κ1) is 16.6. The van der Waals surface area contributed by atoms with Crippen LogP contribution in [0.3, 0.4) is 0 Å². The number of amides is 1. The summed E-state index contributed by atoms with van der Waals surface area (Å²) in [5, 5.41) is 2.72. The summed E-state index contributed by atoms with van der Waals surface area (Å²) < 4.78 is 41.3. The monoisotopic (exact) mass is 352 g/mol. The largest absolute Gasteiger partial charge is 0.441 e. The molecule has 1 amide bonds. The third kappa shape index (κ3) is 3.81. The lowest BCUT2D eigenvalue weighted by atomic mass is 10.2. The van der Waals surface area contributed by atoms with Crippen molar-refractivity contribution in [2.24, 2.45) is 0 Å². The van der Waals surface area contributed by atoms with Crippen molar-refractivity contribution in [2.45, 2.75) is 25.8 Å². The van der Waals surface area contributed by atoms with Crippen LogP contribution in [-0.4, -0.2) is 36.9 Å². The van der Waals surface area contributed by atoms with Gasteiger partial charge in [0.2, 0.25) is 11.8 Å². The Morgan fingerprint density at radius 2 is 2.08 bits per heavy atom. The highest BCUT2D eigenvalue weighted by atomic mass is 32.2. The average Bonchev–Trinajstić information content (AvgIpc) is 3.02. The molecule has 0 saturated carbocycles. The van der Waals surface area contributed by atoms with Crippen LogP contribution in [-0.2, 0) is 21.1 Å². The quantitative estimate of drug-likeness (QED) is 0.903. The number of carbonyl (C=O) groups excluding carboxylic acids is 1. The van der Waals surface area contributed by atoms with Crippen molar-refractivity contribution < 1.29 is 22.0 Å². The SMILES string of the molecule is Cc1oc(-c2ccc(F)cc2)nc1CC(=O)NC1CCS(=O)(=O)C1. The fraction of sp³-hybridized carbons (Fsp3) is 0.375. The standard InChI is InChI=1S/C16H17FN2O4S/c1-10-14(8-15(20)18-13-6-7-24(21,22)9-13)19-16(23-10)11-2-4-12(17)5-3-11/h2-5,13H,6-9H2,1H3,(H,18,20). The van der Waals surface area contributed by atoms with Gasteiger partial charge in [-0.3, -0.25) is 4.79 Å². The summed E-state index contributed by atoms with van der Waals surface area (Å²) in [5.74, 6) is 0.266. The third-order valence-corrected chi connectivity index (χ3v) is 5.68. The van der Waals surface area contributed by atoms with Crippen LogP contribution in [0.4, 0.5) is 4.39 Å². The number of rotatable bonds is 4. The van der Waals surface area contributed by atoms with Crippen molar-refractivity contribution in [3.8, 4) is 11.5 Å². The van der Waals surface area contributed by atoms with Gasteiger partial charge >= 0.3 is 0 Å². The average molecular weight is 352 g/mol. The number of nitrogens with zero attached hydrogens (tertiary/aromatic N) is 1. The molecule has 6 nitrogen and oxygen atoms in total. The van der Waals surface area contributed by atoms with Crippen LogP contribution in [0, 0.1) is 12.7 Å². The van der Waals surface area contributed by atoms with E-state index in [0.29, 0.717) is 29.3 Å². The van der Waals surface area contributed by atoms with E-state index in [0.717, 1.165) is 0 Å². The lowest BCUT2D eigenvalue weighted by Gasteiger charge is -2.09. The van der Waals surface area contributed by atoms with Crippen molar-refractivity contribution in [3.05, 3.63) is 41.5 Å². The number of oxazole rings is 1. The Morgan fingerprint density at radius 3 is 2.71 bits per heavy atom. The second kappa shape index (κ2) is 6.35. The number of sulfone groups is 1. The number of aryl methyl sites for hydroxylation is 1. The number of carbonyl (C=O) groups is 1. The van der Waals surface area contributed by atoms with Gasteiger partial charge in [0.05, 0.1) is 23.6 Å². The second-order valence-electron chi connectivity index (χ2n) is 5.87. The van der Waals surface area contributed by atoms with Crippen molar-refractivity contribution >= 4 is 15.7 Å². The molecule has 8 heteroatoms. The molecule has 1 aliphatic heterocycles. The van der Waals surface area contributed by atoms with Crippen molar-refractivity contribution in [1.29, 1.82) is 0 Å². The lowest BCUT2D eigenvalue weighted by Crippen LogP contribution is -2.36. The highest BCUT2D eigenvalue weighted by Crippen LogP contribution is 2.22. The summed E-state index contributed by atoms with van der Waals surface area (Å²) in [6, 6.07) is 5.37. The maximum atomic E-state index is 13.0. The number of aromatic nitrogens is 1. The zero-order valence-corrected chi connectivity index (χ0v) is 13.9. The molecular formula is C16H17FN2O4S. The first-order valence-electron chi connectivity index (χ1n) is 7.54. The zero-order valence-electron chi connectivity index (χ0n) is 13.1. The predicted octanol–water partition coefficient (Wildman–Crippen LogP) is 1.63. The molecule has 128 valence electrons. The molecule has 1 saturated heterocycles. The molecule has 2 heterocycles. The summed E-state index contributed by atoms with van der Waals surface area (Å²) in [7, 11) is -3.04. The molecule has 1 atom stereocenters. The minimum Gasteiger partial charge on any atom is -0.441 e. The molecule has 1 fully saturated rings. The molecule has 3 rings (SSSR count). The van der Waals surface area contributed by atoms with Crippen LogP contribution in [0.5, 0.6) is 0 Å². The molecular weight excluding hydrogens is 335 g/mol. The topological polar surface area (TPSA) is 89.3 Å². The van der Waals surface area contributed by atoms with Crippen LogP contribution < -0.4 is 5.32 Å². The highest BCUT2D eigenvalue weighted by molar-refractivity contribution is 7.91. The summed E-state index contributed by atoms with van der Waals surface area (Å²) in [6.45, 7) is 1.70. The molecule has 0 aliphatic carbocycles. The van der Waals surface area contributed by atoms with Gasteiger partial charge in [0.15, 0.2) is 9.84 Å². The van der Waals surface area contributed by atoms with Crippen molar-refractivity contribution in [3.63, 3.8) is 0 Å². The van der Waals surface area contributed by atoms with Gasteiger partial charge in [-0.25, -0.2) is 17.8 Å². The second-order valence-corrected chi connectivity index (χ2v) is 8.10. The summed E-state index contributed by atoms with van der Waals surface area (Å²) in [5.41, 5.74) is 1.10. The van der Waals surface area contributed by atoms with E-state index in [1.807, 2.05) is 0 Å². The molecule has 1 aromatic heterocycles. The normalized spacial score (nSPS) is 19.3. The fourth-order valence-corrected chi connectivity index (χ4v) is 4.32. The highest BCUT2D eigenvalue weighted by Gasteiger charge is 2.29. The number of hydrogen-bond donors (Lipinski definition) is 1. The Labute approximate surface area is 139 Å². The number of hydrogen-bond acceptors (Lipinski definition) is 5. The maximum absolute atomic E-state index is 13.0. The van der Waals surface area contributed by atoms with E-state index >= 15 is 0 Å². The van der Waals surface area contributed by atoms with Gasteiger partial charge in [-0.2, -0.15) is 0 Å². The van der Waals surface area contributed by atoms with E-state index < -0.39 is 9.84 Å². The smallest absolute Gasteiger partial charge is 0.226 e. The minimum absolute atomic E-state index is 0.00702. The van der Waals surface area contributed by atoms with Gasteiger partial charge in [-0.1, -0.05) is 0 Å². The first-order valence-corrected chi connectivity index (χ1v) is 9.36. The van der Waals surface area contributed by atoms with Crippen molar-refractivity contribution in [1.82, 2.24) is 10.3 Å². The van der Waals surface area contributed by atoms with E-state index in [4.69, 9.17) is 4.42 Å². The van der Waals surface area contributed by atoms with Gasteiger partial charge in [-0.05, 0) is 37.6 Å². The van der Waals surface area contributed by atoms with Crippen LogP contribution in [0.15, 0.2) is 28.7 Å². The molecule has 0 radical (unpaired) electrons. The van der Waals surface area contributed by atoms with Crippen molar-refractivity contribution in [2.75, 3.05) is 11.5 Å². The molecule has 1 aromatic carbocycles. The molecule has 24 heavy (non-hydrogen) atoms. The van der Waals surface area contributed by atoms with Gasteiger partial charge in [0.1, 0.15) is 11.6 Å². The van der Waals surface area contributed by atoms with Gasteiger partial charge in [-0.15, -0.1) is 0 Å². The number of halogens is 1. The summed E-state index contributed by atoms with van der Waals surface area (Å²) >= 11 is 0. The summed E-state index contributed by atoms with van der Waals surface area (Å²) in [6.07, 6.45) is 0.444. The van der Waals surface area contributed by atoms with Gasteiger partial charge in [0.25, 0.3) is 0 Å². The predicted molar refractivity (Wildman–Crippen MR) is 85.5 cm³/mol. The van der Waals surface area contributed by atoms with E-state index in [9.17, 15) is 17.6 Å². The van der Waals surface area contributed by atoms with E-state index in [1.54, 1.807) is 19.1 Å². The third-order valence-electron chi connectivity index (χ3n) is 3.91. The molecule has 2 aromatic rings. The summed E-state index contributed by atoms with van der Waals surface area (Å²) in [4.78, 5) is 16.4. The Hall–Kier alpha value is -2.22. The lowest BCUT2D eigenvalue weighted by molar-refractivity contribution is -0.121. The van der Waals surface area contributed by atoms with Crippen LogP contribution >= 0.6 is 0 Å².